The predicted octanol–water partition coefficient (Wildman–Crippen LogP) is 2.34. The lowest BCUT2D eigenvalue weighted by atomic mass is 10.5. The van der Waals surface area contributed by atoms with Gasteiger partial charge in [0, 0.05) is 6.20 Å². The highest BCUT2D eigenvalue weighted by molar-refractivity contribution is 7.16. The second kappa shape index (κ2) is 2.18. The quantitative estimate of drug-likeness (QED) is 0.607. The van der Waals surface area contributed by atoms with Crippen molar-refractivity contribution in [2.24, 2.45) is 0 Å². The summed E-state index contributed by atoms with van der Waals surface area (Å²) in [6.45, 7) is 0. The minimum atomic E-state index is 0.637. The van der Waals surface area contributed by atoms with Crippen LogP contribution in [0.2, 0.25) is 5.02 Å². The molecule has 0 amide bonds. The van der Waals surface area contributed by atoms with E-state index in [9.17, 15) is 0 Å². The fourth-order valence-corrected chi connectivity index (χ4v) is 1.50. The van der Waals surface area contributed by atoms with Crippen LogP contribution in [0.5, 0.6) is 0 Å². The van der Waals surface area contributed by atoms with Crippen LogP contribution >= 0.6 is 22.9 Å². The van der Waals surface area contributed by atoms with Gasteiger partial charge in [-0.15, -0.1) is 11.3 Å². The molecule has 0 spiro atoms. The third kappa shape index (κ3) is 0.874. The van der Waals surface area contributed by atoms with Crippen LogP contribution in [0.3, 0.4) is 0 Å². The summed E-state index contributed by atoms with van der Waals surface area (Å²) in [5.41, 5.74) is 2.63. The highest BCUT2D eigenvalue weighted by Gasteiger charge is 1.96. The number of hydrogen-bond acceptors (Lipinski definition) is 3. The molecule has 0 saturated heterocycles. The summed E-state index contributed by atoms with van der Waals surface area (Å²) in [5, 5.41) is 0.637. The van der Waals surface area contributed by atoms with Crippen LogP contribution in [0.1, 0.15) is 0 Å². The van der Waals surface area contributed by atoms with Gasteiger partial charge < -0.3 is 0 Å². The number of thiazole rings is 1. The maximum atomic E-state index is 5.68. The topological polar surface area (TPSA) is 25.8 Å². The molecule has 2 heterocycles. The minimum absolute atomic E-state index is 0.637. The van der Waals surface area contributed by atoms with E-state index in [2.05, 4.69) is 9.97 Å². The van der Waals surface area contributed by atoms with E-state index in [1.807, 2.05) is 0 Å². The summed E-state index contributed by atoms with van der Waals surface area (Å²) in [4.78, 5) is 9.05. The number of rotatable bonds is 0. The fraction of sp³-hybridized carbons (Fsp3) is 0. The molecule has 0 N–H and O–H groups in total. The third-order valence-electron chi connectivity index (χ3n) is 1.15. The molecule has 2 nitrogen and oxygen atoms in total. The average molecular weight is 171 g/mol. The molecule has 2 aromatic heterocycles. The van der Waals surface area contributed by atoms with Crippen molar-refractivity contribution in [1.82, 2.24) is 9.97 Å². The molecule has 0 radical (unpaired) electrons. The van der Waals surface area contributed by atoms with E-state index in [1.54, 1.807) is 17.8 Å². The molecule has 10 heavy (non-hydrogen) atoms. The number of nitrogens with zero attached hydrogens (tertiary/aromatic N) is 2. The number of hydrogen-bond donors (Lipinski definition) is 0. The number of halogens is 1. The lowest BCUT2D eigenvalue weighted by Gasteiger charge is -1.85. The van der Waals surface area contributed by atoms with Gasteiger partial charge in [-0.05, 0) is 6.07 Å². The number of aromatic nitrogens is 2. The summed E-state index contributed by atoms with van der Waals surface area (Å²) in [6, 6.07) is 1.81. The molecule has 4 heteroatoms. The van der Waals surface area contributed by atoms with E-state index in [1.165, 1.54) is 11.3 Å². The number of pyridine rings is 1. The van der Waals surface area contributed by atoms with Crippen molar-refractivity contribution in [1.29, 1.82) is 0 Å². The Hall–Kier alpha value is -0.670. The molecule has 0 aliphatic rings. The Bertz CT molecular complexity index is 357. The Morgan fingerprint density at radius 1 is 1.40 bits per heavy atom. The molecule has 0 aliphatic carbocycles. The average Bonchev–Trinajstić information content (AvgIpc) is 2.33. The highest BCUT2D eigenvalue weighted by atomic mass is 35.5. The summed E-state index contributed by atoms with van der Waals surface area (Å²) in [5.74, 6) is 0. The summed E-state index contributed by atoms with van der Waals surface area (Å²) >= 11 is 7.19. The van der Waals surface area contributed by atoms with Crippen molar-refractivity contribution in [3.8, 4) is 0 Å². The second-order valence-corrected chi connectivity index (χ2v) is 3.10. The highest BCUT2D eigenvalue weighted by Crippen LogP contribution is 2.17. The van der Waals surface area contributed by atoms with Crippen LogP contribution in [0.25, 0.3) is 10.3 Å². The largest absolute Gasteiger partial charge is 0.243 e. The molecule has 0 aliphatic heterocycles. The van der Waals surface area contributed by atoms with Crippen molar-refractivity contribution in [3.63, 3.8) is 0 Å². The van der Waals surface area contributed by atoms with Gasteiger partial charge >= 0.3 is 0 Å². The third-order valence-corrected chi connectivity index (χ3v) is 2.11. The maximum absolute atomic E-state index is 5.68. The van der Waals surface area contributed by atoms with Gasteiger partial charge in [-0.25, -0.2) is 9.97 Å². The van der Waals surface area contributed by atoms with Gasteiger partial charge in [-0.2, -0.15) is 0 Å². The molecule has 0 unspecified atom stereocenters. The normalized spacial score (nSPS) is 10.5. The van der Waals surface area contributed by atoms with Crippen molar-refractivity contribution >= 4 is 33.3 Å². The molecular formula is C6H3ClN2S. The smallest absolute Gasteiger partial charge is 0.143 e. The zero-order valence-electron chi connectivity index (χ0n) is 4.91. The Morgan fingerprint density at radius 2 is 2.30 bits per heavy atom. The van der Waals surface area contributed by atoms with E-state index in [4.69, 9.17) is 11.6 Å². The number of fused-ring (bicyclic) bond motifs is 1. The molecule has 0 aromatic carbocycles. The van der Waals surface area contributed by atoms with Gasteiger partial charge in [0.25, 0.3) is 0 Å². The Kier molecular flexibility index (Phi) is 1.32. The maximum Gasteiger partial charge on any atom is 0.143 e. The zero-order chi connectivity index (χ0) is 6.97. The monoisotopic (exact) mass is 170 g/mol. The van der Waals surface area contributed by atoms with Gasteiger partial charge in [0.05, 0.1) is 10.5 Å². The van der Waals surface area contributed by atoms with Crippen LogP contribution in [0, 0.1) is 0 Å². The van der Waals surface area contributed by atoms with Crippen LogP contribution in [-0.4, -0.2) is 9.97 Å². The van der Waals surface area contributed by atoms with Gasteiger partial charge in [0.1, 0.15) is 10.3 Å². The Balaban J connectivity index is 2.86. The Morgan fingerprint density at radius 3 is 3.20 bits per heavy atom. The summed E-state index contributed by atoms with van der Waals surface area (Å²) in [6.07, 6.45) is 1.63. The van der Waals surface area contributed by atoms with Crippen LogP contribution in [-0.2, 0) is 0 Å². The summed E-state index contributed by atoms with van der Waals surface area (Å²) in [7, 11) is 0. The van der Waals surface area contributed by atoms with Gasteiger partial charge in [0.2, 0.25) is 0 Å². The molecule has 50 valence electrons. The molecule has 0 bridgehead atoms. The molecule has 0 saturated carbocycles. The van der Waals surface area contributed by atoms with Crippen LogP contribution in [0.4, 0.5) is 0 Å². The Labute approximate surface area is 66.5 Å². The predicted molar refractivity (Wildman–Crippen MR) is 42.4 cm³/mol. The van der Waals surface area contributed by atoms with Crippen molar-refractivity contribution in [2.75, 3.05) is 0 Å². The van der Waals surface area contributed by atoms with Crippen molar-refractivity contribution < 1.29 is 0 Å². The molecule has 0 fully saturated rings. The van der Waals surface area contributed by atoms with E-state index in [0.29, 0.717) is 5.02 Å². The lowest BCUT2D eigenvalue weighted by Crippen LogP contribution is -1.71. The second-order valence-electron chi connectivity index (χ2n) is 1.83. The first kappa shape index (κ1) is 6.07. The molecule has 0 atom stereocenters. The zero-order valence-corrected chi connectivity index (χ0v) is 6.49. The first-order chi connectivity index (χ1) is 4.86. The van der Waals surface area contributed by atoms with Gasteiger partial charge in [-0.3, -0.25) is 0 Å². The molecular weight excluding hydrogens is 168 g/mol. The minimum Gasteiger partial charge on any atom is -0.243 e. The van der Waals surface area contributed by atoms with E-state index in [0.717, 1.165) is 10.3 Å². The van der Waals surface area contributed by atoms with E-state index >= 15 is 0 Å². The first-order valence-corrected chi connectivity index (χ1v) is 3.97. The van der Waals surface area contributed by atoms with Crippen LogP contribution in [0.15, 0.2) is 17.8 Å². The van der Waals surface area contributed by atoms with Crippen LogP contribution < -0.4 is 0 Å². The van der Waals surface area contributed by atoms with Crippen molar-refractivity contribution in [2.45, 2.75) is 0 Å². The standard InChI is InChI=1S/C6H3ClN2S/c7-4-1-5-6(8-2-4)10-3-9-5/h1-3H. The van der Waals surface area contributed by atoms with Gasteiger partial charge in [-0.1, -0.05) is 11.6 Å². The lowest BCUT2D eigenvalue weighted by molar-refractivity contribution is 1.41. The SMILES string of the molecule is Clc1cnc2scnc2c1. The summed E-state index contributed by atoms with van der Waals surface area (Å²) < 4.78 is 0. The molecule has 2 rings (SSSR count). The van der Waals surface area contributed by atoms with Crippen molar-refractivity contribution in [3.05, 3.63) is 22.8 Å². The van der Waals surface area contributed by atoms with E-state index < -0.39 is 0 Å². The molecule has 2 aromatic rings. The fourth-order valence-electron chi connectivity index (χ4n) is 0.732. The van der Waals surface area contributed by atoms with E-state index in [-0.39, 0.29) is 0 Å². The van der Waals surface area contributed by atoms with Gasteiger partial charge in [0.15, 0.2) is 0 Å². The first-order valence-electron chi connectivity index (χ1n) is 2.71.